The van der Waals surface area contributed by atoms with E-state index in [2.05, 4.69) is 5.32 Å². The van der Waals surface area contributed by atoms with Gasteiger partial charge >= 0.3 is 12.1 Å². The van der Waals surface area contributed by atoms with E-state index in [1.165, 1.54) is 0 Å². The van der Waals surface area contributed by atoms with E-state index in [9.17, 15) is 19.2 Å². The molecule has 2 aliphatic rings. The molecule has 2 heterocycles. The highest BCUT2D eigenvalue weighted by molar-refractivity contribution is 6.01. The lowest BCUT2D eigenvalue weighted by molar-refractivity contribution is -0.199. The topological polar surface area (TPSA) is 111 Å². The molecule has 1 N–H and O–H groups in total. The van der Waals surface area contributed by atoms with Crippen LogP contribution in [-0.4, -0.2) is 54.3 Å². The zero-order valence-corrected chi connectivity index (χ0v) is 13.8. The van der Waals surface area contributed by atoms with Gasteiger partial charge in [0.2, 0.25) is 0 Å². The van der Waals surface area contributed by atoms with Crippen LogP contribution in [0.5, 0.6) is 0 Å². The first-order chi connectivity index (χ1) is 11.4. The van der Waals surface area contributed by atoms with Crippen molar-refractivity contribution in [3.63, 3.8) is 0 Å². The van der Waals surface area contributed by atoms with Gasteiger partial charge in [-0.2, -0.15) is 0 Å². The highest BCUT2D eigenvalue weighted by Gasteiger charge is 2.36. The molecule has 9 nitrogen and oxygen atoms in total. The molecule has 2 saturated heterocycles. The minimum Gasteiger partial charge on any atom is -0.444 e. The average molecular weight is 342 g/mol. The lowest BCUT2D eigenvalue weighted by Gasteiger charge is -2.22. The fraction of sp³-hybridized carbons (Fsp3) is 0.733. The zero-order valence-electron chi connectivity index (χ0n) is 13.8. The normalized spacial score (nSPS) is 22.0. The van der Waals surface area contributed by atoms with E-state index in [0.29, 0.717) is 24.7 Å². The van der Waals surface area contributed by atoms with Crippen molar-refractivity contribution in [3.05, 3.63) is 0 Å². The van der Waals surface area contributed by atoms with E-state index in [1.807, 2.05) is 13.8 Å². The predicted molar refractivity (Wildman–Crippen MR) is 79.3 cm³/mol. The Balaban J connectivity index is 1.93. The molecule has 134 valence electrons. The van der Waals surface area contributed by atoms with Gasteiger partial charge in [0.1, 0.15) is 12.1 Å². The van der Waals surface area contributed by atoms with Gasteiger partial charge in [-0.15, -0.1) is 5.06 Å². The summed E-state index contributed by atoms with van der Waals surface area (Å²) in [5.74, 6) is -1.93. The molecule has 2 aliphatic heterocycles. The van der Waals surface area contributed by atoms with Gasteiger partial charge in [-0.1, -0.05) is 13.8 Å². The summed E-state index contributed by atoms with van der Waals surface area (Å²) in [5, 5.41) is 2.90. The summed E-state index contributed by atoms with van der Waals surface area (Å²) in [6, 6.07) is -1.01. The SMILES string of the molecule is CC(C)C[C@H](NC(=O)O[C@H]1CCOC1)C(=O)ON1C(=O)CCC1=O. The maximum atomic E-state index is 12.2. The summed E-state index contributed by atoms with van der Waals surface area (Å²) in [4.78, 5) is 52.1. The van der Waals surface area contributed by atoms with Crippen LogP contribution in [-0.2, 0) is 28.7 Å². The quantitative estimate of drug-likeness (QED) is 0.701. The number of hydroxylamine groups is 2. The van der Waals surface area contributed by atoms with E-state index >= 15 is 0 Å². The van der Waals surface area contributed by atoms with Crippen molar-refractivity contribution in [2.24, 2.45) is 5.92 Å². The number of hydrogen-bond donors (Lipinski definition) is 1. The third-order valence-corrected chi connectivity index (χ3v) is 3.63. The number of rotatable bonds is 6. The number of carbonyl (C=O) groups is 4. The summed E-state index contributed by atoms with van der Waals surface area (Å²) in [7, 11) is 0. The van der Waals surface area contributed by atoms with Crippen molar-refractivity contribution in [1.82, 2.24) is 10.4 Å². The minimum atomic E-state index is -1.01. The summed E-state index contributed by atoms with van der Waals surface area (Å²) in [6.45, 7) is 4.58. The number of ether oxygens (including phenoxy) is 2. The monoisotopic (exact) mass is 342 g/mol. The van der Waals surface area contributed by atoms with Crippen LogP contribution in [0.4, 0.5) is 4.79 Å². The fourth-order valence-electron chi connectivity index (χ4n) is 2.43. The number of alkyl carbamates (subject to hydrolysis) is 1. The molecular formula is C15H22N2O7. The van der Waals surface area contributed by atoms with Gasteiger partial charge in [-0.25, -0.2) is 9.59 Å². The number of amides is 3. The molecule has 0 aromatic rings. The van der Waals surface area contributed by atoms with Gasteiger partial charge in [0.25, 0.3) is 11.8 Å². The van der Waals surface area contributed by atoms with Crippen molar-refractivity contribution in [2.75, 3.05) is 13.2 Å². The maximum Gasteiger partial charge on any atom is 0.408 e. The molecule has 0 radical (unpaired) electrons. The molecule has 0 aromatic heterocycles. The second-order valence-corrected chi connectivity index (χ2v) is 6.21. The molecule has 0 aliphatic carbocycles. The molecule has 2 atom stereocenters. The zero-order chi connectivity index (χ0) is 17.7. The van der Waals surface area contributed by atoms with Gasteiger partial charge < -0.3 is 19.6 Å². The van der Waals surface area contributed by atoms with E-state index < -0.39 is 29.9 Å². The highest BCUT2D eigenvalue weighted by Crippen LogP contribution is 2.15. The first kappa shape index (κ1) is 18.2. The average Bonchev–Trinajstić information content (AvgIpc) is 3.11. The summed E-state index contributed by atoms with van der Waals surface area (Å²) in [6.07, 6.45) is -0.194. The molecular weight excluding hydrogens is 320 g/mol. The molecule has 3 amide bonds. The molecule has 24 heavy (non-hydrogen) atoms. The Morgan fingerprint density at radius 3 is 2.50 bits per heavy atom. The number of nitrogens with zero attached hydrogens (tertiary/aromatic N) is 1. The van der Waals surface area contributed by atoms with Crippen molar-refractivity contribution in [3.8, 4) is 0 Å². The van der Waals surface area contributed by atoms with Gasteiger partial charge in [-0.3, -0.25) is 9.59 Å². The van der Waals surface area contributed by atoms with E-state index in [0.717, 1.165) is 0 Å². The third kappa shape index (κ3) is 4.92. The lowest BCUT2D eigenvalue weighted by Crippen LogP contribution is -2.46. The molecule has 0 saturated carbocycles. The van der Waals surface area contributed by atoms with Crippen molar-refractivity contribution in [1.29, 1.82) is 0 Å². The van der Waals surface area contributed by atoms with E-state index in [4.69, 9.17) is 14.3 Å². The van der Waals surface area contributed by atoms with Crippen molar-refractivity contribution in [2.45, 2.75) is 51.7 Å². The fourth-order valence-corrected chi connectivity index (χ4v) is 2.43. The smallest absolute Gasteiger partial charge is 0.408 e. The van der Waals surface area contributed by atoms with Gasteiger partial charge in [0.05, 0.1) is 13.2 Å². The molecule has 0 bridgehead atoms. The van der Waals surface area contributed by atoms with Crippen LogP contribution < -0.4 is 5.32 Å². The second-order valence-electron chi connectivity index (χ2n) is 6.21. The second kappa shape index (κ2) is 8.09. The van der Waals surface area contributed by atoms with Crippen LogP contribution >= 0.6 is 0 Å². The van der Waals surface area contributed by atoms with Crippen LogP contribution in [0.1, 0.15) is 39.5 Å². The summed E-state index contributed by atoms with van der Waals surface area (Å²) < 4.78 is 10.3. The predicted octanol–water partition coefficient (Wildman–Crippen LogP) is 0.523. The standard InChI is InChI=1S/C15H22N2O7/c1-9(2)7-11(16-15(21)23-10-5-6-22-8-10)14(20)24-17-12(18)3-4-13(17)19/h9-11H,3-8H2,1-2H3,(H,16,21)/t10-,11-/m0/s1. The first-order valence-electron chi connectivity index (χ1n) is 7.99. The summed E-state index contributed by atoms with van der Waals surface area (Å²) in [5.41, 5.74) is 0. The molecule has 0 unspecified atom stereocenters. The first-order valence-corrected chi connectivity index (χ1v) is 7.99. The van der Waals surface area contributed by atoms with Gasteiger partial charge in [0.15, 0.2) is 0 Å². The Bertz CT molecular complexity index is 498. The van der Waals surface area contributed by atoms with Crippen LogP contribution in [0.25, 0.3) is 0 Å². The number of hydrogen-bond acceptors (Lipinski definition) is 7. The van der Waals surface area contributed by atoms with Crippen LogP contribution in [0.15, 0.2) is 0 Å². The van der Waals surface area contributed by atoms with Crippen molar-refractivity contribution < 1.29 is 33.5 Å². The Kier molecular flexibility index (Phi) is 6.13. The summed E-state index contributed by atoms with van der Waals surface area (Å²) >= 11 is 0. The minimum absolute atomic E-state index is 0.0120. The van der Waals surface area contributed by atoms with Gasteiger partial charge in [0, 0.05) is 19.3 Å². The number of carbonyl (C=O) groups excluding carboxylic acids is 4. The Morgan fingerprint density at radius 1 is 1.29 bits per heavy atom. The Hall–Kier alpha value is -2.16. The third-order valence-electron chi connectivity index (χ3n) is 3.63. The van der Waals surface area contributed by atoms with E-state index in [-0.39, 0.29) is 31.3 Å². The van der Waals surface area contributed by atoms with Crippen LogP contribution in [0.2, 0.25) is 0 Å². The van der Waals surface area contributed by atoms with Crippen LogP contribution in [0.3, 0.4) is 0 Å². The Morgan fingerprint density at radius 2 is 1.96 bits per heavy atom. The molecule has 0 aromatic carbocycles. The molecule has 9 heteroatoms. The van der Waals surface area contributed by atoms with E-state index in [1.54, 1.807) is 0 Å². The Labute approximate surface area is 139 Å². The lowest BCUT2D eigenvalue weighted by atomic mass is 10.0. The van der Waals surface area contributed by atoms with Gasteiger partial charge in [-0.05, 0) is 12.3 Å². The number of imide groups is 1. The van der Waals surface area contributed by atoms with Crippen LogP contribution in [0, 0.1) is 5.92 Å². The molecule has 2 rings (SSSR count). The van der Waals surface area contributed by atoms with Crippen molar-refractivity contribution >= 4 is 23.9 Å². The molecule has 0 spiro atoms. The highest BCUT2D eigenvalue weighted by atomic mass is 16.7. The molecule has 2 fully saturated rings. The largest absolute Gasteiger partial charge is 0.444 e. The number of nitrogens with one attached hydrogen (secondary N) is 1. The maximum absolute atomic E-state index is 12.2.